The Bertz CT molecular complexity index is 234. The van der Waals surface area contributed by atoms with Crippen molar-refractivity contribution in [2.75, 3.05) is 21.3 Å². The average Bonchev–Trinajstić information content (AvgIpc) is 2.30. The molecule has 0 saturated heterocycles. The molecular formula is C9H18O5SSi. The van der Waals surface area contributed by atoms with Crippen molar-refractivity contribution in [1.82, 2.24) is 0 Å². The molecule has 1 atom stereocenters. The third kappa shape index (κ3) is 3.91. The van der Waals surface area contributed by atoms with Gasteiger partial charge in [0, 0.05) is 27.4 Å². The molecule has 0 bridgehead atoms. The molecule has 0 fully saturated rings. The third-order valence-corrected chi connectivity index (χ3v) is 5.26. The molecule has 0 amide bonds. The van der Waals surface area contributed by atoms with Crippen molar-refractivity contribution < 1.29 is 22.8 Å². The van der Waals surface area contributed by atoms with Gasteiger partial charge in [-0.1, -0.05) is 6.92 Å². The minimum Gasteiger partial charge on any atom is -0.455 e. The molecule has 94 valence electrons. The molecule has 0 radical (unpaired) electrons. The Morgan fingerprint density at radius 2 is 1.81 bits per heavy atom. The summed E-state index contributed by atoms with van der Waals surface area (Å²) in [5.41, 5.74) is -0.524. The Labute approximate surface area is 102 Å². The van der Waals surface area contributed by atoms with E-state index in [9.17, 15) is 4.79 Å². The number of esters is 1. The predicted molar refractivity (Wildman–Crippen MR) is 65.1 cm³/mol. The molecule has 0 aliphatic heterocycles. The fourth-order valence-corrected chi connectivity index (χ4v) is 3.46. The van der Waals surface area contributed by atoms with Crippen LogP contribution in [-0.4, -0.2) is 41.8 Å². The predicted octanol–water partition coefficient (Wildman–Crippen LogP) is 1.17. The fourth-order valence-electron chi connectivity index (χ4n) is 1.29. The van der Waals surface area contributed by atoms with Crippen LogP contribution in [0.2, 0.25) is 0 Å². The molecule has 0 spiro atoms. The van der Waals surface area contributed by atoms with Crippen LogP contribution in [0.5, 0.6) is 0 Å². The van der Waals surface area contributed by atoms with Gasteiger partial charge in [0.05, 0.1) is 0 Å². The van der Waals surface area contributed by atoms with Gasteiger partial charge in [-0.05, 0) is 11.8 Å². The van der Waals surface area contributed by atoms with Gasteiger partial charge >= 0.3 is 14.8 Å². The van der Waals surface area contributed by atoms with E-state index in [1.54, 1.807) is 0 Å². The second kappa shape index (κ2) is 7.85. The number of hydrogen-bond donors (Lipinski definition) is 1. The summed E-state index contributed by atoms with van der Waals surface area (Å²) in [5.74, 6) is -0.495. The number of thiol groups is 1. The molecule has 0 aromatic heterocycles. The molecule has 0 rings (SSSR count). The molecule has 0 N–H and O–H groups in total. The molecule has 5 nitrogen and oxygen atoms in total. The first-order valence-electron chi connectivity index (χ1n) is 4.77. The van der Waals surface area contributed by atoms with E-state index in [0.29, 0.717) is 6.42 Å². The minimum absolute atomic E-state index is 0.495. The standard InChI is InChI=1S/C9H18O5SSi/c1-5-9(14-8(10)6-7-15)16(11-2,12-3)13-4/h6-7,9,15H,5H2,1-4H3. The summed E-state index contributed by atoms with van der Waals surface area (Å²) in [6, 6.07) is 0. The second-order valence-electron chi connectivity index (χ2n) is 2.87. The topological polar surface area (TPSA) is 54.0 Å². The number of hydrogen-bond acceptors (Lipinski definition) is 6. The van der Waals surface area contributed by atoms with E-state index < -0.39 is 20.5 Å². The van der Waals surface area contributed by atoms with Crippen LogP contribution in [0.1, 0.15) is 13.3 Å². The van der Waals surface area contributed by atoms with Crippen LogP contribution < -0.4 is 0 Å². The van der Waals surface area contributed by atoms with Crippen molar-refractivity contribution >= 4 is 27.4 Å². The average molecular weight is 266 g/mol. The molecular weight excluding hydrogens is 248 g/mol. The van der Waals surface area contributed by atoms with Gasteiger partial charge in [-0.2, -0.15) is 12.6 Å². The van der Waals surface area contributed by atoms with E-state index in [1.807, 2.05) is 6.92 Å². The Morgan fingerprint density at radius 1 is 1.31 bits per heavy atom. The van der Waals surface area contributed by atoms with Crippen LogP contribution in [0.25, 0.3) is 0 Å². The minimum atomic E-state index is -2.94. The van der Waals surface area contributed by atoms with E-state index >= 15 is 0 Å². The lowest BCUT2D eigenvalue weighted by Crippen LogP contribution is -2.55. The number of carbonyl (C=O) groups excluding carboxylic acids is 1. The third-order valence-electron chi connectivity index (χ3n) is 2.09. The van der Waals surface area contributed by atoms with Crippen LogP contribution in [0, 0.1) is 0 Å². The maximum atomic E-state index is 11.3. The summed E-state index contributed by atoms with van der Waals surface area (Å²) < 4.78 is 20.9. The van der Waals surface area contributed by atoms with Gasteiger partial charge in [0.25, 0.3) is 0 Å². The van der Waals surface area contributed by atoms with Gasteiger partial charge in [-0.25, -0.2) is 4.79 Å². The van der Waals surface area contributed by atoms with Crippen molar-refractivity contribution in [3.8, 4) is 0 Å². The Morgan fingerprint density at radius 3 is 2.12 bits per heavy atom. The lowest BCUT2D eigenvalue weighted by molar-refractivity contribution is -0.142. The highest BCUT2D eigenvalue weighted by Crippen LogP contribution is 2.18. The van der Waals surface area contributed by atoms with Crippen molar-refractivity contribution in [2.24, 2.45) is 0 Å². The van der Waals surface area contributed by atoms with Crippen LogP contribution in [-0.2, 0) is 22.8 Å². The highest BCUT2D eigenvalue weighted by molar-refractivity contribution is 7.83. The maximum Gasteiger partial charge on any atom is 0.543 e. The van der Waals surface area contributed by atoms with Crippen molar-refractivity contribution in [3.63, 3.8) is 0 Å². The number of carbonyl (C=O) groups is 1. The smallest absolute Gasteiger partial charge is 0.455 e. The molecule has 16 heavy (non-hydrogen) atoms. The molecule has 7 heteroatoms. The van der Waals surface area contributed by atoms with Gasteiger partial charge in [-0.3, -0.25) is 0 Å². The zero-order valence-corrected chi connectivity index (χ0v) is 11.8. The first kappa shape index (κ1) is 15.7. The molecule has 0 saturated carbocycles. The Hall–Kier alpha value is -0.343. The highest BCUT2D eigenvalue weighted by Gasteiger charge is 2.49. The summed E-state index contributed by atoms with van der Waals surface area (Å²) in [7, 11) is 1.49. The lowest BCUT2D eigenvalue weighted by Gasteiger charge is -2.30. The van der Waals surface area contributed by atoms with Gasteiger partial charge in [-0.15, -0.1) is 0 Å². The van der Waals surface area contributed by atoms with Crippen LogP contribution in [0.15, 0.2) is 11.5 Å². The molecule has 0 aliphatic rings. The van der Waals surface area contributed by atoms with Crippen molar-refractivity contribution in [2.45, 2.75) is 19.1 Å². The Kier molecular flexibility index (Phi) is 7.69. The highest BCUT2D eigenvalue weighted by atomic mass is 32.1. The SMILES string of the molecule is CCC(OC(=O)C=CS)[Si](OC)(OC)OC. The molecule has 0 aliphatic carbocycles. The second-order valence-corrected chi connectivity index (χ2v) is 6.24. The summed E-state index contributed by atoms with van der Waals surface area (Å²) >= 11 is 3.79. The first-order valence-corrected chi connectivity index (χ1v) is 7.08. The van der Waals surface area contributed by atoms with Gasteiger partial charge in [0.15, 0.2) is 5.73 Å². The quantitative estimate of drug-likeness (QED) is 0.324. The normalized spacial score (nSPS) is 14.1. The van der Waals surface area contributed by atoms with Gasteiger partial charge < -0.3 is 18.0 Å². The summed E-state index contributed by atoms with van der Waals surface area (Å²) in [4.78, 5) is 11.3. The van der Waals surface area contributed by atoms with E-state index in [1.165, 1.54) is 32.8 Å². The van der Waals surface area contributed by atoms with Crippen molar-refractivity contribution in [1.29, 1.82) is 0 Å². The van der Waals surface area contributed by atoms with Crippen LogP contribution >= 0.6 is 12.6 Å². The van der Waals surface area contributed by atoms with E-state index in [4.69, 9.17) is 18.0 Å². The van der Waals surface area contributed by atoms with Crippen molar-refractivity contribution in [3.05, 3.63) is 11.5 Å². The molecule has 0 heterocycles. The van der Waals surface area contributed by atoms with Gasteiger partial charge in [0.1, 0.15) is 0 Å². The first-order chi connectivity index (χ1) is 7.60. The summed E-state index contributed by atoms with van der Waals surface area (Å²) in [6.07, 6.45) is 1.76. The fraction of sp³-hybridized carbons (Fsp3) is 0.667. The van der Waals surface area contributed by atoms with Crippen LogP contribution in [0.4, 0.5) is 0 Å². The maximum absolute atomic E-state index is 11.3. The van der Waals surface area contributed by atoms with E-state index in [0.717, 1.165) is 0 Å². The Balaban J connectivity index is 4.74. The molecule has 0 aromatic rings. The summed E-state index contributed by atoms with van der Waals surface area (Å²) in [5, 5.41) is 1.31. The molecule has 1 unspecified atom stereocenters. The lowest BCUT2D eigenvalue weighted by atomic mass is 10.5. The zero-order chi connectivity index (χ0) is 12.6. The van der Waals surface area contributed by atoms with E-state index in [2.05, 4.69) is 12.6 Å². The monoisotopic (exact) mass is 266 g/mol. The van der Waals surface area contributed by atoms with E-state index in [-0.39, 0.29) is 0 Å². The largest absolute Gasteiger partial charge is 0.543 e. The molecule has 0 aromatic carbocycles. The van der Waals surface area contributed by atoms with Gasteiger partial charge in [0.2, 0.25) is 0 Å². The number of ether oxygens (including phenoxy) is 1. The zero-order valence-electron chi connectivity index (χ0n) is 9.93. The summed E-state index contributed by atoms with van der Waals surface area (Å²) in [6.45, 7) is 1.86. The number of rotatable bonds is 7. The van der Waals surface area contributed by atoms with Crippen LogP contribution in [0.3, 0.4) is 0 Å².